The van der Waals surface area contributed by atoms with E-state index in [1.807, 2.05) is 0 Å². The number of aromatic hydroxyl groups is 1. The predicted octanol–water partition coefficient (Wildman–Crippen LogP) is 1.87. The summed E-state index contributed by atoms with van der Waals surface area (Å²) in [5, 5.41) is 18.4. The molecule has 1 aliphatic heterocycles. The lowest BCUT2D eigenvalue weighted by molar-refractivity contribution is 0.404. The van der Waals surface area contributed by atoms with E-state index in [0.717, 1.165) is 0 Å². The molecule has 2 heterocycles. The van der Waals surface area contributed by atoms with Gasteiger partial charge in [-0.1, -0.05) is 11.8 Å². The van der Waals surface area contributed by atoms with Crippen LogP contribution >= 0.6 is 0 Å². The molecule has 0 spiro atoms. The number of phenolic OH excluding ortho intramolecular Hbond substituents is 1. The van der Waals surface area contributed by atoms with Gasteiger partial charge >= 0.3 is 0 Å². The number of allylic oxidation sites excluding steroid dienone is 1. The SMILES string of the molecule is CCS(=O)(=O)Nc1nnc(C2=C=C=CC(C)=N2)n1-c1c(O)cccc1OC. The molecule has 2 aromatic rings. The van der Waals surface area contributed by atoms with Gasteiger partial charge in [0.1, 0.15) is 17.2 Å². The van der Waals surface area contributed by atoms with Crippen molar-refractivity contribution in [1.29, 1.82) is 0 Å². The molecule has 10 heteroatoms. The Morgan fingerprint density at radius 2 is 2.11 bits per heavy atom. The lowest BCUT2D eigenvalue weighted by atomic mass is 10.2. The highest BCUT2D eigenvalue weighted by Gasteiger charge is 2.25. The van der Waals surface area contributed by atoms with E-state index in [4.69, 9.17) is 4.74 Å². The summed E-state index contributed by atoms with van der Waals surface area (Å²) in [5.74, 6) is 0.0518. The monoisotopic (exact) mass is 387 g/mol. The van der Waals surface area contributed by atoms with Crippen molar-refractivity contribution >= 4 is 27.4 Å². The second-order valence-electron chi connectivity index (χ2n) is 5.53. The molecular formula is C17H17N5O4S. The van der Waals surface area contributed by atoms with Gasteiger partial charge in [0.25, 0.3) is 0 Å². The van der Waals surface area contributed by atoms with E-state index in [0.29, 0.717) is 11.5 Å². The van der Waals surface area contributed by atoms with Crippen molar-refractivity contribution in [2.24, 2.45) is 4.99 Å². The Balaban J connectivity index is 2.32. The van der Waals surface area contributed by atoms with E-state index in [1.54, 1.807) is 25.1 Å². The number of sulfonamides is 1. The summed E-state index contributed by atoms with van der Waals surface area (Å²) >= 11 is 0. The Morgan fingerprint density at radius 1 is 1.33 bits per heavy atom. The maximum atomic E-state index is 12.1. The lowest BCUT2D eigenvalue weighted by Crippen LogP contribution is -2.18. The van der Waals surface area contributed by atoms with Crippen molar-refractivity contribution in [3.05, 3.63) is 41.6 Å². The predicted molar refractivity (Wildman–Crippen MR) is 101 cm³/mol. The van der Waals surface area contributed by atoms with Crippen LogP contribution < -0.4 is 9.46 Å². The molecule has 1 aromatic heterocycles. The molecule has 9 nitrogen and oxygen atoms in total. The second-order valence-corrected chi connectivity index (χ2v) is 7.54. The number of ether oxygens (including phenoxy) is 1. The van der Waals surface area contributed by atoms with Crippen LogP contribution in [0.25, 0.3) is 11.4 Å². The van der Waals surface area contributed by atoms with E-state index < -0.39 is 10.0 Å². The van der Waals surface area contributed by atoms with Crippen LogP contribution in [0.2, 0.25) is 0 Å². The first-order chi connectivity index (χ1) is 12.9. The van der Waals surface area contributed by atoms with E-state index in [2.05, 4.69) is 31.4 Å². The number of nitrogens with zero attached hydrogens (tertiary/aromatic N) is 4. The first kappa shape index (κ1) is 18.5. The molecule has 27 heavy (non-hydrogen) atoms. The molecule has 1 aliphatic rings. The normalized spacial score (nSPS) is 13.3. The number of phenols is 1. The maximum absolute atomic E-state index is 12.1. The molecule has 0 saturated carbocycles. The van der Waals surface area contributed by atoms with Crippen LogP contribution in [0.4, 0.5) is 5.95 Å². The zero-order valence-electron chi connectivity index (χ0n) is 14.9. The Bertz CT molecular complexity index is 1130. The molecule has 140 valence electrons. The fourth-order valence-corrected chi connectivity index (χ4v) is 2.93. The minimum absolute atomic E-state index is 0.108. The first-order valence-electron chi connectivity index (χ1n) is 7.96. The summed E-state index contributed by atoms with van der Waals surface area (Å²) in [4.78, 5) is 4.33. The van der Waals surface area contributed by atoms with Gasteiger partial charge < -0.3 is 9.84 Å². The number of nitrogens with one attached hydrogen (secondary N) is 1. The Kier molecular flexibility index (Phi) is 4.87. The van der Waals surface area contributed by atoms with Gasteiger partial charge in [-0.05, 0) is 31.7 Å². The van der Waals surface area contributed by atoms with Gasteiger partial charge in [-0.15, -0.1) is 10.2 Å². The number of anilines is 1. The topological polar surface area (TPSA) is 119 Å². The highest BCUT2D eigenvalue weighted by Crippen LogP contribution is 2.36. The van der Waals surface area contributed by atoms with Crippen molar-refractivity contribution < 1.29 is 18.3 Å². The molecule has 0 aliphatic carbocycles. The minimum Gasteiger partial charge on any atom is -0.506 e. The van der Waals surface area contributed by atoms with Gasteiger partial charge in [0.15, 0.2) is 11.5 Å². The van der Waals surface area contributed by atoms with Crippen molar-refractivity contribution in [1.82, 2.24) is 14.8 Å². The molecule has 3 rings (SSSR count). The van der Waals surface area contributed by atoms with Crippen LogP contribution in [0, 0.1) is 0 Å². The zero-order valence-corrected chi connectivity index (χ0v) is 15.7. The molecule has 0 saturated heterocycles. The first-order valence-corrected chi connectivity index (χ1v) is 9.61. The average Bonchev–Trinajstić information content (AvgIpc) is 3.03. The van der Waals surface area contributed by atoms with Crippen LogP contribution in [0.5, 0.6) is 11.5 Å². The van der Waals surface area contributed by atoms with Gasteiger partial charge in [0, 0.05) is 11.8 Å². The van der Waals surface area contributed by atoms with Crippen LogP contribution in [-0.2, 0) is 10.0 Å². The Hall–Kier alpha value is -3.32. The summed E-state index contributed by atoms with van der Waals surface area (Å²) in [6.07, 6.45) is 1.64. The van der Waals surface area contributed by atoms with E-state index >= 15 is 0 Å². The average molecular weight is 387 g/mol. The number of hydrogen-bond donors (Lipinski definition) is 2. The fourth-order valence-electron chi connectivity index (χ4n) is 2.38. The number of aromatic nitrogens is 3. The molecule has 0 atom stereocenters. The summed E-state index contributed by atoms with van der Waals surface area (Å²) in [7, 11) is -2.21. The molecule has 0 amide bonds. The number of aliphatic imine (C=N–C) groups is 1. The summed E-state index contributed by atoms with van der Waals surface area (Å²) in [6, 6.07) is 4.66. The molecule has 0 bridgehead atoms. The second kappa shape index (κ2) is 7.13. The largest absolute Gasteiger partial charge is 0.506 e. The molecule has 0 fully saturated rings. The third kappa shape index (κ3) is 3.63. The van der Waals surface area contributed by atoms with Crippen molar-refractivity contribution in [3.63, 3.8) is 0 Å². The van der Waals surface area contributed by atoms with Crippen LogP contribution in [0.1, 0.15) is 19.7 Å². The summed E-state index contributed by atoms with van der Waals surface area (Å²) in [5.41, 5.74) is 6.76. The molecular weight excluding hydrogens is 370 g/mol. The quantitative estimate of drug-likeness (QED) is 0.731. The third-order valence-electron chi connectivity index (χ3n) is 3.68. The number of methoxy groups -OCH3 is 1. The number of para-hydroxylation sites is 1. The molecule has 2 N–H and O–H groups in total. The Labute approximate surface area is 156 Å². The summed E-state index contributed by atoms with van der Waals surface area (Å²) in [6.45, 7) is 3.27. The van der Waals surface area contributed by atoms with Gasteiger partial charge in [0.2, 0.25) is 16.0 Å². The molecule has 1 aromatic carbocycles. The third-order valence-corrected chi connectivity index (χ3v) is 4.94. The van der Waals surface area contributed by atoms with Gasteiger partial charge in [0.05, 0.1) is 12.9 Å². The maximum Gasteiger partial charge on any atom is 0.243 e. The van der Waals surface area contributed by atoms with Crippen LogP contribution in [0.15, 0.2) is 40.7 Å². The molecule has 0 radical (unpaired) electrons. The standard InChI is InChI=1S/C17H17N5O4S/c1-4-27(24,25)21-17-20-19-16(12-8-5-7-11(2)18-12)22(17)15-13(23)9-6-10-14(15)26-3/h6-7,9-10,23H,4H2,1-3H3,(H,20,21). The number of rotatable bonds is 6. The summed E-state index contributed by atoms with van der Waals surface area (Å²) < 4.78 is 33.2. The van der Waals surface area contributed by atoms with E-state index in [9.17, 15) is 13.5 Å². The van der Waals surface area contributed by atoms with Gasteiger partial charge in [-0.2, -0.15) is 0 Å². The van der Waals surface area contributed by atoms with E-state index in [-0.39, 0.29) is 34.7 Å². The zero-order chi connectivity index (χ0) is 19.6. The number of benzene rings is 1. The van der Waals surface area contributed by atoms with Crippen LogP contribution in [-0.4, -0.2) is 46.9 Å². The molecule has 0 unspecified atom stereocenters. The van der Waals surface area contributed by atoms with Gasteiger partial charge in [-0.25, -0.2) is 13.4 Å². The van der Waals surface area contributed by atoms with Crippen molar-refractivity contribution in [2.45, 2.75) is 13.8 Å². The highest BCUT2D eigenvalue weighted by atomic mass is 32.2. The minimum atomic E-state index is -3.65. The van der Waals surface area contributed by atoms with E-state index in [1.165, 1.54) is 24.7 Å². The number of hydrogen-bond acceptors (Lipinski definition) is 7. The van der Waals surface area contributed by atoms with Crippen molar-refractivity contribution in [3.8, 4) is 17.2 Å². The van der Waals surface area contributed by atoms with Gasteiger partial charge in [-0.3, -0.25) is 9.29 Å². The fraction of sp³-hybridized carbons (Fsp3) is 0.235. The Morgan fingerprint density at radius 3 is 2.78 bits per heavy atom. The lowest BCUT2D eigenvalue weighted by Gasteiger charge is -2.15. The smallest absolute Gasteiger partial charge is 0.243 e. The van der Waals surface area contributed by atoms with Crippen molar-refractivity contribution in [2.75, 3.05) is 17.6 Å². The highest BCUT2D eigenvalue weighted by molar-refractivity contribution is 7.92. The van der Waals surface area contributed by atoms with Crippen LogP contribution in [0.3, 0.4) is 0 Å².